The van der Waals surface area contributed by atoms with E-state index in [1.165, 1.54) is 11.3 Å². The Kier molecular flexibility index (Phi) is 6.44. The predicted molar refractivity (Wildman–Crippen MR) is 116 cm³/mol. The lowest BCUT2D eigenvalue weighted by Crippen LogP contribution is -2.17. The normalized spacial score (nSPS) is 16.0. The van der Waals surface area contributed by atoms with E-state index in [0.717, 1.165) is 30.0 Å². The van der Waals surface area contributed by atoms with Gasteiger partial charge in [0.05, 0.1) is 23.2 Å². The van der Waals surface area contributed by atoms with Gasteiger partial charge in [-0.2, -0.15) is 0 Å². The number of nitrogens with zero attached hydrogens (tertiary/aromatic N) is 1. The Morgan fingerprint density at radius 2 is 2.17 bits per heavy atom. The third kappa shape index (κ3) is 5.35. The number of carbonyl (C=O) groups is 1. The second kappa shape index (κ2) is 9.39. The largest absolute Gasteiger partial charge is 0.491 e. The van der Waals surface area contributed by atoms with Crippen LogP contribution in [0.15, 0.2) is 53.9 Å². The molecule has 2 heterocycles. The Morgan fingerprint density at radius 1 is 1.28 bits per heavy atom. The molecule has 0 bridgehead atoms. The minimum Gasteiger partial charge on any atom is -0.491 e. The van der Waals surface area contributed by atoms with Crippen molar-refractivity contribution >= 4 is 34.5 Å². The maximum Gasteiger partial charge on any atom is 0.230 e. The fourth-order valence-corrected chi connectivity index (χ4v) is 4.28. The van der Waals surface area contributed by atoms with Crippen LogP contribution in [0, 0.1) is 0 Å². The lowest BCUT2D eigenvalue weighted by atomic mass is 10.2. The fourth-order valence-electron chi connectivity index (χ4n) is 3.14. The number of nitrogens with one attached hydrogen (secondary N) is 1. The topological polar surface area (TPSA) is 60.5 Å². The fraction of sp³-hybridized carbons (Fsp3) is 0.273. The quantitative estimate of drug-likeness (QED) is 0.561. The zero-order valence-corrected chi connectivity index (χ0v) is 17.3. The van der Waals surface area contributed by atoms with Gasteiger partial charge in [0.1, 0.15) is 17.4 Å². The molecule has 1 amide bonds. The highest BCUT2D eigenvalue weighted by atomic mass is 35.5. The number of hydrogen-bond donors (Lipinski definition) is 1. The summed E-state index contributed by atoms with van der Waals surface area (Å²) < 4.78 is 11.4. The average molecular weight is 429 g/mol. The van der Waals surface area contributed by atoms with E-state index >= 15 is 0 Å². The Labute approximate surface area is 178 Å². The van der Waals surface area contributed by atoms with Crippen LogP contribution in [0.3, 0.4) is 0 Å². The zero-order valence-electron chi connectivity index (χ0n) is 15.8. The highest BCUT2D eigenvalue weighted by Crippen LogP contribution is 2.30. The molecule has 7 heteroatoms. The van der Waals surface area contributed by atoms with Crippen molar-refractivity contribution in [1.82, 2.24) is 4.98 Å². The van der Waals surface area contributed by atoms with E-state index in [4.69, 9.17) is 21.1 Å². The zero-order chi connectivity index (χ0) is 20.1. The number of thiazole rings is 1. The monoisotopic (exact) mass is 428 g/mol. The lowest BCUT2D eigenvalue weighted by molar-refractivity contribution is -0.115. The molecule has 0 radical (unpaired) electrons. The molecule has 4 rings (SSSR count). The standard InChI is InChI=1S/C22H21ClN2O3S/c23-20-9-2-1-8-19(20)22-25-16(14-29-22)12-21(26)24-15-5-3-6-17(11-15)28-13-18-7-4-10-27-18/h1-3,5-6,8-9,11,14,18H,4,7,10,12-13H2,(H,24,26)/t18-/m0/s1. The molecule has 1 aliphatic heterocycles. The summed E-state index contributed by atoms with van der Waals surface area (Å²) in [6, 6.07) is 15.0. The number of aromatic nitrogens is 1. The molecule has 1 aliphatic rings. The van der Waals surface area contributed by atoms with Crippen LogP contribution in [0.4, 0.5) is 5.69 Å². The highest BCUT2D eigenvalue weighted by molar-refractivity contribution is 7.13. The summed E-state index contributed by atoms with van der Waals surface area (Å²) in [7, 11) is 0. The summed E-state index contributed by atoms with van der Waals surface area (Å²) in [5, 5.41) is 6.25. The summed E-state index contributed by atoms with van der Waals surface area (Å²) in [5.74, 6) is 0.588. The van der Waals surface area contributed by atoms with Gasteiger partial charge in [0, 0.05) is 29.3 Å². The van der Waals surface area contributed by atoms with Crippen molar-refractivity contribution in [2.45, 2.75) is 25.4 Å². The van der Waals surface area contributed by atoms with Gasteiger partial charge in [0.15, 0.2) is 0 Å². The predicted octanol–water partition coefficient (Wildman–Crippen LogP) is 5.20. The molecule has 0 saturated carbocycles. The Morgan fingerprint density at radius 3 is 3.00 bits per heavy atom. The number of anilines is 1. The molecule has 1 fully saturated rings. The first-order valence-corrected chi connectivity index (χ1v) is 10.8. The average Bonchev–Trinajstić information content (AvgIpc) is 3.39. The van der Waals surface area contributed by atoms with Crippen molar-refractivity contribution in [2.24, 2.45) is 0 Å². The van der Waals surface area contributed by atoms with Crippen molar-refractivity contribution in [2.75, 3.05) is 18.5 Å². The molecule has 29 heavy (non-hydrogen) atoms. The van der Waals surface area contributed by atoms with E-state index in [-0.39, 0.29) is 18.4 Å². The van der Waals surface area contributed by atoms with Crippen LogP contribution in [0.2, 0.25) is 5.02 Å². The van der Waals surface area contributed by atoms with Crippen molar-refractivity contribution < 1.29 is 14.3 Å². The molecule has 0 spiro atoms. The lowest BCUT2D eigenvalue weighted by Gasteiger charge is -2.12. The van der Waals surface area contributed by atoms with Gasteiger partial charge < -0.3 is 14.8 Å². The van der Waals surface area contributed by atoms with E-state index in [0.29, 0.717) is 28.8 Å². The first-order valence-electron chi connectivity index (χ1n) is 9.51. The van der Waals surface area contributed by atoms with Crippen molar-refractivity contribution in [1.29, 1.82) is 0 Å². The van der Waals surface area contributed by atoms with E-state index in [9.17, 15) is 4.79 Å². The highest BCUT2D eigenvalue weighted by Gasteiger charge is 2.16. The molecule has 2 aromatic carbocycles. The molecular formula is C22H21ClN2O3S. The molecule has 1 saturated heterocycles. The Bertz CT molecular complexity index is 985. The molecule has 1 N–H and O–H groups in total. The summed E-state index contributed by atoms with van der Waals surface area (Å²) in [6.45, 7) is 1.33. The number of benzene rings is 2. The van der Waals surface area contributed by atoms with Gasteiger partial charge in [-0.3, -0.25) is 4.79 Å². The van der Waals surface area contributed by atoms with E-state index in [1.807, 2.05) is 53.9 Å². The third-order valence-electron chi connectivity index (χ3n) is 4.58. The van der Waals surface area contributed by atoms with Crippen LogP contribution in [0.5, 0.6) is 5.75 Å². The molecule has 0 unspecified atom stereocenters. The molecule has 3 aromatic rings. The number of hydrogen-bond acceptors (Lipinski definition) is 5. The van der Waals surface area contributed by atoms with Crippen molar-refractivity contribution in [3.05, 3.63) is 64.6 Å². The number of ether oxygens (including phenoxy) is 2. The van der Waals surface area contributed by atoms with Crippen LogP contribution in [0.1, 0.15) is 18.5 Å². The maximum absolute atomic E-state index is 12.4. The van der Waals surface area contributed by atoms with Crippen LogP contribution in [-0.2, 0) is 16.0 Å². The Balaban J connectivity index is 1.34. The van der Waals surface area contributed by atoms with Crippen LogP contribution >= 0.6 is 22.9 Å². The maximum atomic E-state index is 12.4. The van der Waals surface area contributed by atoms with Crippen molar-refractivity contribution in [3.8, 4) is 16.3 Å². The van der Waals surface area contributed by atoms with Crippen LogP contribution < -0.4 is 10.1 Å². The van der Waals surface area contributed by atoms with Crippen LogP contribution in [-0.4, -0.2) is 30.2 Å². The summed E-state index contributed by atoms with van der Waals surface area (Å²) >= 11 is 7.71. The summed E-state index contributed by atoms with van der Waals surface area (Å²) in [4.78, 5) is 17.0. The molecule has 1 aromatic heterocycles. The van der Waals surface area contributed by atoms with Gasteiger partial charge in [0.25, 0.3) is 0 Å². The number of amides is 1. The molecule has 5 nitrogen and oxygen atoms in total. The number of carbonyl (C=O) groups excluding carboxylic acids is 1. The Hall–Kier alpha value is -2.41. The van der Waals surface area contributed by atoms with Gasteiger partial charge in [-0.05, 0) is 31.0 Å². The van der Waals surface area contributed by atoms with Gasteiger partial charge in [-0.1, -0.05) is 35.9 Å². The third-order valence-corrected chi connectivity index (χ3v) is 5.83. The SMILES string of the molecule is O=C(Cc1csc(-c2ccccc2Cl)n1)Nc1cccc(OC[C@@H]2CCCO2)c1. The van der Waals surface area contributed by atoms with E-state index in [2.05, 4.69) is 10.3 Å². The molecule has 1 atom stereocenters. The number of rotatable bonds is 7. The van der Waals surface area contributed by atoms with Gasteiger partial charge in [-0.15, -0.1) is 11.3 Å². The smallest absolute Gasteiger partial charge is 0.230 e. The summed E-state index contributed by atoms with van der Waals surface area (Å²) in [5.41, 5.74) is 2.29. The molecule has 0 aliphatic carbocycles. The first kappa shape index (κ1) is 19.9. The van der Waals surface area contributed by atoms with E-state index < -0.39 is 0 Å². The van der Waals surface area contributed by atoms with Crippen LogP contribution in [0.25, 0.3) is 10.6 Å². The second-order valence-corrected chi connectivity index (χ2v) is 8.09. The minimum atomic E-state index is -0.128. The molecular weight excluding hydrogens is 408 g/mol. The molecule has 150 valence electrons. The first-order chi connectivity index (χ1) is 14.2. The van der Waals surface area contributed by atoms with Crippen molar-refractivity contribution in [3.63, 3.8) is 0 Å². The van der Waals surface area contributed by atoms with Gasteiger partial charge in [-0.25, -0.2) is 4.98 Å². The second-order valence-electron chi connectivity index (χ2n) is 6.82. The van der Waals surface area contributed by atoms with E-state index in [1.54, 1.807) is 0 Å². The minimum absolute atomic E-state index is 0.128. The number of halogens is 1. The summed E-state index contributed by atoms with van der Waals surface area (Å²) in [6.07, 6.45) is 2.46. The van der Waals surface area contributed by atoms with Gasteiger partial charge in [0.2, 0.25) is 5.91 Å². The van der Waals surface area contributed by atoms with Gasteiger partial charge >= 0.3 is 0 Å².